The molecule has 2 aliphatic heterocycles. The van der Waals surface area contributed by atoms with Gasteiger partial charge >= 0.3 is 18.8 Å². The normalized spacial score (nSPS) is 18.0. The maximum absolute atomic E-state index is 14.4. The number of anilines is 2. The number of ether oxygens (including phenoxy) is 3. The Morgan fingerprint density at radius 2 is 1.79 bits per heavy atom. The molecule has 0 bridgehead atoms. The van der Waals surface area contributed by atoms with Gasteiger partial charge in [-0.1, -0.05) is 25.5 Å². The Morgan fingerprint density at radius 1 is 1.00 bits per heavy atom. The number of fused-ring (bicyclic) bond motifs is 3. The summed E-state index contributed by atoms with van der Waals surface area (Å²) in [5.41, 5.74) is -0.173. The lowest BCUT2D eigenvalue weighted by molar-refractivity contribution is -0.145. The molecule has 2 heterocycles. The highest BCUT2D eigenvalue weighted by Gasteiger charge is 2.41. The van der Waals surface area contributed by atoms with Gasteiger partial charge in [0.1, 0.15) is 11.6 Å². The van der Waals surface area contributed by atoms with Crippen molar-refractivity contribution in [3.8, 4) is 16.9 Å². The molecule has 8 nitrogen and oxygen atoms in total. The third-order valence-electron chi connectivity index (χ3n) is 8.20. The molecule has 0 aromatic heterocycles. The van der Waals surface area contributed by atoms with E-state index in [9.17, 15) is 39.6 Å². The van der Waals surface area contributed by atoms with Crippen molar-refractivity contribution in [3.05, 3.63) is 72.0 Å². The van der Waals surface area contributed by atoms with Crippen molar-refractivity contribution >= 4 is 27.4 Å². The van der Waals surface area contributed by atoms with E-state index in [1.165, 1.54) is 12.1 Å². The minimum Gasteiger partial charge on any atom is -0.466 e. The number of sulfonamides is 1. The maximum Gasteiger partial charge on any atom is 0.416 e. The number of esters is 1. The molecule has 0 radical (unpaired) electrons. The lowest BCUT2D eigenvalue weighted by Crippen LogP contribution is -2.55. The fourth-order valence-electron chi connectivity index (χ4n) is 5.89. The van der Waals surface area contributed by atoms with Crippen LogP contribution in [0.1, 0.15) is 44.6 Å². The average molecular weight is 701 g/mol. The van der Waals surface area contributed by atoms with Crippen LogP contribution in [0.15, 0.2) is 65.6 Å². The van der Waals surface area contributed by atoms with Crippen LogP contribution in [0.5, 0.6) is 5.75 Å². The van der Waals surface area contributed by atoms with Gasteiger partial charge < -0.3 is 19.1 Å². The molecule has 2 aliphatic rings. The van der Waals surface area contributed by atoms with Crippen LogP contribution in [-0.4, -0.2) is 59.4 Å². The van der Waals surface area contributed by atoms with Crippen LogP contribution in [0, 0.1) is 5.82 Å². The highest BCUT2D eigenvalue weighted by molar-refractivity contribution is 7.92. The van der Waals surface area contributed by atoms with E-state index in [1.807, 2.05) is 11.8 Å². The van der Waals surface area contributed by atoms with Gasteiger partial charge in [0.05, 0.1) is 60.2 Å². The van der Waals surface area contributed by atoms with Crippen molar-refractivity contribution in [2.24, 2.45) is 0 Å². The molecule has 1 fully saturated rings. The first-order chi connectivity index (χ1) is 22.8. The molecule has 48 heavy (non-hydrogen) atoms. The lowest BCUT2D eigenvalue weighted by Gasteiger charge is -2.48. The van der Waals surface area contributed by atoms with Crippen molar-refractivity contribution < 1.29 is 53.8 Å². The third-order valence-corrected chi connectivity index (χ3v) is 9.97. The predicted octanol–water partition coefficient (Wildman–Crippen LogP) is 7.41. The molecule has 0 aliphatic carbocycles. The van der Waals surface area contributed by atoms with Crippen LogP contribution in [0.4, 0.5) is 37.7 Å². The number of carbonyl (C=O) groups is 1. The SMILES string of the molecule is CCCCOC(=O)CCOC1CCN2c3ccc(-c4cc(F)cc(OC(F)F)c4)cc3N(S(=O)(=O)c3cccc(C(F)(F)F)c3)C[C@@H]2C1. The molecule has 0 spiro atoms. The highest BCUT2D eigenvalue weighted by atomic mass is 32.2. The van der Waals surface area contributed by atoms with Gasteiger partial charge in [-0.05, 0) is 72.9 Å². The molecule has 3 aromatic rings. The van der Waals surface area contributed by atoms with Crippen LogP contribution in [0.2, 0.25) is 0 Å². The van der Waals surface area contributed by atoms with E-state index in [0.29, 0.717) is 37.7 Å². The second-order valence-electron chi connectivity index (χ2n) is 11.5. The molecule has 1 saturated heterocycles. The smallest absolute Gasteiger partial charge is 0.416 e. The summed E-state index contributed by atoms with van der Waals surface area (Å²) in [5.74, 6) is -1.69. The Morgan fingerprint density at radius 3 is 2.52 bits per heavy atom. The number of hydrogen-bond donors (Lipinski definition) is 0. The summed E-state index contributed by atoms with van der Waals surface area (Å²) in [4.78, 5) is 13.4. The number of carbonyl (C=O) groups excluding carboxylic acids is 1. The number of piperidine rings is 1. The molecular weight excluding hydrogens is 666 g/mol. The lowest BCUT2D eigenvalue weighted by atomic mass is 9.94. The number of nitrogens with zero attached hydrogens (tertiary/aromatic N) is 2. The molecular formula is C33H34F6N2O6S. The minimum atomic E-state index is -4.79. The van der Waals surface area contributed by atoms with Crippen LogP contribution >= 0.6 is 0 Å². The summed E-state index contributed by atoms with van der Waals surface area (Å²) < 4.78 is 126. The number of hydrogen-bond acceptors (Lipinski definition) is 7. The van der Waals surface area contributed by atoms with Gasteiger partial charge in [0, 0.05) is 12.6 Å². The standard InChI is InChI=1S/C33H34F6N2O6S/c1-2-3-12-46-31(42)10-13-45-26-9-11-40-25(19-26)20-41(48(43,44)28-6-4-5-23(17-28)33(37,38)39)30-16-21(7-8-29(30)40)22-14-24(34)18-27(15-22)47-32(35)36/h4-8,14-18,25-26,32H,2-3,9-13,19-20H2,1H3/t25-,26?/m0/s1. The Hall–Kier alpha value is -3.98. The number of halogens is 6. The van der Waals surface area contributed by atoms with E-state index in [1.54, 1.807) is 12.1 Å². The molecule has 260 valence electrons. The van der Waals surface area contributed by atoms with Gasteiger partial charge in [-0.3, -0.25) is 9.10 Å². The summed E-state index contributed by atoms with van der Waals surface area (Å²) >= 11 is 0. The summed E-state index contributed by atoms with van der Waals surface area (Å²) in [5, 5.41) is 0. The average Bonchev–Trinajstić information content (AvgIpc) is 3.03. The minimum absolute atomic E-state index is 0.0560. The zero-order valence-corrected chi connectivity index (χ0v) is 26.7. The largest absolute Gasteiger partial charge is 0.466 e. The number of benzene rings is 3. The quantitative estimate of drug-likeness (QED) is 0.111. The molecule has 3 aromatic carbocycles. The first-order valence-electron chi connectivity index (χ1n) is 15.4. The fourth-order valence-corrected chi connectivity index (χ4v) is 7.45. The third kappa shape index (κ3) is 8.17. The zero-order valence-electron chi connectivity index (χ0n) is 25.9. The number of unbranched alkanes of at least 4 members (excludes halogenated alkanes) is 1. The van der Waals surface area contributed by atoms with E-state index in [-0.39, 0.29) is 48.5 Å². The van der Waals surface area contributed by atoms with E-state index in [0.717, 1.165) is 47.5 Å². The first-order valence-corrected chi connectivity index (χ1v) is 16.8. The van der Waals surface area contributed by atoms with Gasteiger partial charge in [-0.25, -0.2) is 12.8 Å². The van der Waals surface area contributed by atoms with E-state index in [2.05, 4.69) is 4.74 Å². The molecule has 0 N–H and O–H groups in total. The van der Waals surface area contributed by atoms with Crippen LogP contribution in [0.3, 0.4) is 0 Å². The van der Waals surface area contributed by atoms with Crippen LogP contribution in [-0.2, 0) is 30.5 Å². The number of alkyl halides is 5. The second-order valence-corrected chi connectivity index (χ2v) is 13.4. The fraction of sp³-hybridized carbons (Fsp3) is 0.424. The molecule has 2 atom stereocenters. The first kappa shape index (κ1) is 35.3. The molecule has 1 unspecified atom stereocenters. The molecule has 0 saturated carbocycles. The summed E-state index contributed by atoms with van der Waals surface area (Å²) in [6.07, 6.45) is -2.52. The maximum atomic E-state index is 14.4. The number of rotatable bonds is 12. The van der Waals surface area contributed by atoms with Crippen LogP contribution in [0.25, 0.3) is 11.1 Å². The van der Waals surface area contributed by atoms with Crippen molar-refractivity contribution in [1.29, 1.82) is 0 Å². The monoisotopic (exact) mass is 700 g/mol. The van der Waals surface area contributed by atoms with Crippen molar-refractivity contribution in [3.63, 3.8) is 0 Å². The molecule has 5 rings (SSSR count). The van der Waals surface area contributed by atoms with Crippen molar-refractivity contribution in [2.75, 3.05) is 35.5 Å². The van der Waals surface area contributed by atoms with Gasteiger partial charge in [0.15, 0.2) is 0 Å². The van der Waals surface area contributed by atoms with Crippen molar-refractivity contribution in [1.82, 2.24) is 0 Å². The van der Waals surface area contributed by atoms with Gasteiger partial charge in [0.25, 0.3) is 10.0 Å². The highest BCUT2D eigenvalue weighted by Crippen LogP contribution is 2.44. The molecule has 0 amide bonds. The topological polar surface area (TPSA) is 85.4 Å². The summed E-state index contributed by atoms with van der Waals surface area (Å²) in [6, 6.07) is 10.6. The van der Waals surface area contributed by atoms with Gasteiger partial charge in [0.2, 0.25) is 0 Å². The Balaban J connectivity index is 1.47. The Bertz CT molecular complexity index is 1720. The van der Waals surface area contributed by atoms with Gasteiger partial charge in [-0.15, -0.1) is 0 Å². The Kier molecular flexibility index (Phi) is 10.8. The summed E-state index contributed by atoms with van der Waals surface area (Å²) in [6.45, 7) is -0.508. The van der Waals surface area contributed by atoms with Crippen LogP contribution < -0.4 is 13.9 Å². The Labute approximate surface area is 274 Å². The summed E-state index contributed by atoms with van der Waals surface area (Å²) in [7, 11) is -4.59. The van der Waals surface area contributed by atoms with E-state index in [4.69, 9.17) is 9.47 Å². The van der Waals surface area contributed by atoms with Crippen molar-refractivity contribution in [2.45, 2.75) is 68.9 Å². The predicted molar refractivity (Wildman–Crippen MR) is 165 cm³/mol. The van der Waals surface area contributed by atoms with E-state index < -0.39 is 50.9 Å². The second kappa shape index (κ2) is 14.6. The molecule has 15 heteroatoms. The van der Waals surface area contributed by atoms with Gasteiger partial charge in [-0.2, -0.15) is 22.0 Å². The van der Waals surface area contributed by atoms with E-state index >= 15 is 0 Å². The zero-order chi connectivity index (χ0) is 34.6.